The fourth-order valence-corrected chi connectivity index (χ4v) is 6.48. The van der Waals surface area contributed by atoms with E-state index in [2.05, 4.69) is 25.7 Å². The van der Waals surface area contributed by atoms with Crippen LogP contribution in [0.1, 0.15) is 180 Å². The second-order valence-corrected chi connectivity index (χ2v) is 15.1. The van der Waals surface area contributed by atoms with Gasteiger partial charge in [0.25, 0.3) is 0 Å². The Morgan fingerprint density at radius 2 is 1.17 bits per heavy atom. The lowest BCUT2D eigenvalue weighted by molar-refractivity contribution is -0.123. The summed E-state index contributed by atoms with van der Waals surface area (Å²) >= 11 is 0. The summed E-state index contributed by atoms with van der Waals surface area (Å²) in [6.07, 6.45) is 35.8. The van der Waals surface area contributed by atoms with Crippen LogP contribution in [-0.4, -0.2) is 51.0 Å². The number of rotatable bonds is 38. The Morgan fingerprint density at radius 1 is 0.712 bits per heavy atom. The van der Waals surface area contributed by atoms with Crippen LogP contribution in [0.3, 0.4) is 0 Å². The van der Waals surface area contributed by atoms with Crippen molar-refractivity contribution in [3.05, 3.63) is 54.1 Å². The number of carbonyl (C=O) groups is 1. The number of benzene rings is 1. The first-order valence-corrected chi connectivity index (χ1v) is 21.7. The summed E-state index contributed by atoms with van der Waals surface area (Å²) in [5, 5.41) is 3.05. The highest BCUT2D eigenvalue weighted by Gasteiger charge is 2.17. The Kier molecular flexibility index (Phi) is 33.0. The van der Waals surface area contributed by atoms with Crippen molar-refractivity contribution < 1.29 is 19.0 Å². The van der Waals surface area contributed by atoms with E-state index >= 15 is 0 Å². The number of allylic oxidation sites excluding steroid dienone is 2. The molecule has 2 atom stereocenters. The molecule has 1 aromatic rings. The van der Waals surface area contributed by atoms with Gasteiger partial charge in [-0.15, -0.1) is 0 Å². The Labute approximate surface area is 321 Å². The van der Waals surface area contributed by atoms with E-state index in [1.54, 1.807) is 6.08 Å². The van der Waals surface area contributed by atoms with Gasteiger partial charge in [-0.25, -0.2) is 0 Å². The normalized spacial score (nSPS) is 12.9. The topological polar surface area (TPSA) is 82.8 Å². The summed E-state index contributed by atoms with van der Waals surface area (Å²) in [5.74, 6) is 0.626. The molecule has 0 fully saturated rings. The highest BCUT2D eigenvalue weighted by molar-refractivity contribution is 5.81. The minimum atomic E-state index is -0.636. The van der Waals surface area contributed by atoms with E-state index in [0.717, 1.165) is 36.3 Å². The molecule has 2 unspecified atom stereocenters. The van der Waals surface area contributed by atoms with Crippen LogP contribution in [0, 0.1) is 0 Å². The van der Waals surface area contributed by atoms with Crippen molar-refractivity contribution in [3.63, 3.8) is 0 Å². The quantitative estimate of drug-likeness (QED) is 0.0524. The first kappa shape index (κ1) is 47.9. The minimum absolute atomic E-state index is 0.162. The number of carbonyl (C=O) groups excluding carboxylic acids is 1. The van der Waals surface area contributed by atoms with Gasteiger partial charge < -0.3 is 25.3 Å². The predicted octanol–water partition coefficient (Wildman–Crippen LogP) is 12.0. The summed E-state index contributed by atoms with van der Waals surface area (Å²) in [6.45, 7) is 13.1. The Morgan fingerprint density at radius 3 is 1.65 bits per heavy atom. The molecule has 1 amide bonds. The highest BCUT2D eigenvalue weighted by atomic mass is 16.5. The van der Waals surface area contributed by atoms with Gasteiger partial charge in [-0.05, 0) is 49.5 Å². The van der Waals surface area contributed by atoms with Crippen molar-refractivity contribution in [3.8, 4) is 5.75 Å². The predicted molar refractivity (Wildman–Crippen MR) is 223 cm³/mol. The van der Waals surface area contributed by atoms with Crippen LogP contribution in [0.5, 0.6) is 5.75 Å². The van der Waals surface area contributed by atoms with Crippen molar-refractivity contribution >= 4 is 5.91 Å². The van der Waals surface area contributed by atoms with Crippen LogP contribution >= 0.6 is 0 Å². The van der Waals surface area contributed by atoms with E-state index in [1.807, 2.05) is 37.3 Å². The van der Waals surface area contributed by atoms with Gasteiger partial charge >= 0.3 is 0 Å². The molecule has 0 aliphatic carbocycles. The molecule has 0 saturated carbocycles. The molecule has 1 rings (SSSR count). The molecule has 0 aliphatic heterocycles. The zero-order chi connectivity index (χ0) is 37.7. The molecule has 0 spiro atoms. The van der Waals surface area contributed by atoms with Crippen LogP contribution in [0.25, 0.3) is 0 Å². The van der Waals surface area contributed by atoms with Crippen LogP contribution in [-0.2, 0) is 20.7 Å². The van der Waals surface area contributed by atoms with E-state index in [-0.39, 0.29) is 12.0 Å². The summed E-state index contributed by atoms with van der Waals surface area (Å²) in [5.41, 5.74) is 8.43. The fourth-order valence-electron chi connectivity index (χ4n) is 6.48. The van der Waals surface area contributed by atoms with Crippen molar-refractivity contribution in [1.82, 2.24) is 5.32 Å². The lowest BCUT2D eigenvalue weighted by atomic mass is 10.1. The minimum Gasteiger partial charge on any atom is -0.489 e. The first-order valence-electron chi connectivity index (χ1n) is 21.7. The maximum Gasteiger partial charge on any atom is 0.237 e. The molecular formula is C46H82N2O4. The third kappa shape index (κ3) is 29.3. The highest BCUT2D eigenvalue weighted by Crippen LogP contribution is 2.16. The third-order valence-electron chi connectivity index (χ3n) is 9.89. The molecule has 0 saturated heterocycles. The molecule has 0 aliphatic rings. The second-order valence-electron chi connectivity index (χ2n) is 15.1. The number of hydrogen-bond donors (Lipinski definition) is 2. The Balaban J connectivity index is 2.36. The van der Waals surface area contributed by atoms with Gasteiger partial charge in [-0.2, -0.15) is 0 Å². The van der Waals surface area contributed by atoms with Crippen LogP contribution in [0.15, 0.2) is 48.6 Å². The van der Waals surface area contributed by atoms with E-state index in [1.165, 1.54) is 141 Å². The number of amides is 1. The van der Waals surface area contributed by atoms with Crippen LogP contribution in [0.2, 0.25) is 0 Å². The summed E-state index contributed by atoms with van der Waals surface area (Å²) in [6, 6.07) is 7.16. The molecule has 1 aromatic carbocycles. The number of ether oxygens (including phenoxy) is 3. The smallest absolute Gasteiger partial charge is 0.237 e. The zero-order valence-electron chi connectivity index (χ0n) is 34.2. The molecule has 0 radical (unpaired) electrons. The number of nitrogens with one attached hydrogen (secondary N) is 1. The van der Waals surface area contributed by atoms with E-state index in [0.29, 0.717) is 32.8 Å². The SMILES string of the molecule is C=C/C=C(\C)COc1ccc(CC(N)C(=O)NCC(COCCCCCCCCCCCCCC)OCCCCCCCCCCCCCC)cc1. The molecule has 300 valence electrons. The van der Waals surface area contributed by atoms with Crippen molar-refractivity contribution in [2.24, 2.45) is 5.73 Å². The van der Waals surface area contributed by atoms with Gasteiger partial charge in [0, 0.05) is 19.8 Å². The summed E-state index contributed by atoms with van der Waals surface area (Å²) < 4.78 is 18.1. The van der Waals surface area contributed by atoms with Gasteiger partial charge in [-0.3, -0.25) is 4.79 Å². The fraction of sp³-hybridized carbons (Fsp3) is 0.761. The number of nitrogens with two attached hydrogens (primary N) is 1. The molecule has 0 heterocycles. The first-order chi connectivity index (χ1) is 25.5. The zero-order valence-corrected chi connectivity index (χ0v) is 34.2. The monoisotopic (exact) mass is 727 g/mol. The van der Waals surface area contributed by atoms with Crippen molar-refractivity contribution in [2.45, 2.75) is 193 Å². The van der Waals surface area contributed by atoms with Crippen LogP contribution in [0.4, 0.5) is 0 Å². The molecular weight excluding hydrogens is 645 g/mol. The van der Waals surface area contributed by atoms with Gasteiger partial charge in [0.15, 0.2) is 0 Å². The van der Waals surface area contributed by atoms with E-state index in [4.69, 9.17) is 19.9 Å². The molecule has 6 heteroatoms. The molecule has 6 nitrogen and oxygen atoms in total. The second kappa shape index (κ2) is 35.9. The summed E-state index contributed by atoms with van der Waals surface area (Å²) in [7, 11) is 0. The molecule has 52 heavy (non-hydrogen) atoms. The lowest BCUT2D eigenvalue weighted by Gasteiger charge is -2.20. The van der Waals surface area contributed by atoms with Crippen LogP contribution < -0.4 is 15.8 Å². The van der Waals surface area contributed by atoms with Gasteiger partial charge in [0.05, 0.1) is 18.8 Å². The van der Waals surface area contributed by atoms with E-state index in [9.17, 15) is 4.79 Å². The molecule has 0 aromatic heterocycles. The van der Waals surface area contributed by atoms with Gasteiger partial charge in [-0.1, -0.05) is 186 Å². The average molecular weight is 727 g/mol. The summed E-state index contributed by atoms with van der Waals surface area (Å²) in [4.78, 5) is 13.0. The van der Waals surface area contributed by atoms with E-state index < -0.39 is 6.04 Å². The lowest BCUT2D eigenvalue weighted by Crippen LogP contribution is -2.45. The van der Waals surface area contributed by atoms with Crippen molar-refractivity contribution in [2.75, 3.05) is 33.0 Å². The average Bonchev–Trinajstić information content (AvgIpc) is 3.15. The third-order valence-corrected chi connectivity index (χ3v) is 9.89. The Bertz CT molecular complexity index is 979. The number of hydrogen-bond acceptors (Lipinski definition) is 5. The molecule has 0 bridgehead atoms. The maximum atomic E-state index is 13.0. The van der Waals surface area contributed by atoms with Gasteiger partial charge in [0.1, 0.15) is 12.4 Å². The standard InChI is InChI=1S/C46H82N2O4/c1-5-8-10-12-14-16-18-20-22-24-26-28-35-50-40-44(51-36-29-27-25-23-21-19-17-15-13-11-9-6-2)38-48-46(49)45(47)37-42-31-33-43(34-32-42)52-39-41(4)30-7-3/h7,30-34,44-45H,3,5-6,8-29,35-40,47H2,1-2,4H3,(H,48,49)/b41-30+. The van der Waals surface area contributed by atoms with Crippen molar-refractivity contribution in [1.29, 1.82) is 0 Å². The maximum absolute atomic E-state index is 13.0. The molecule has 3 N–H and O–H groups in total. The largest absolute Gasteiger partial charge is 0.489 e. The number of unbranched alkanes of at least 4 members (excludes halogenated alkanes) is 22. The van der Waals surface area contributed by atoms with Gasteiger partial charge in [0.2, 0.25) is 5.91 Å². The Hall–Kier alpha value is -2.15.